The van der Waals surface area contributed by atoms with Crippen LogP contribution in [0.1, 0.15) is 36.0 Å². The molecule has 1 aromatic rings. The Morgan fingerprint density at radius 2 is 2.10 bits per heavy atom. The molecular weight excluding hydrogens is 267 g/mol. The van der Waals surface area contributed by atoms with Gasteiger partial charge in [-0.25, -0.2) is 4.39 Å². The molecule has 1 amide bonds. The Balaban J connectivity index is 2.12. The lowest BCUT2D eigenvalue weighted by molar-refractivity contribution is -0.385. The van der Waals surface area contributed by atoms with E-state index in [0.717, 1.165) is 31.0 Å². The van der Waals surface area contributed by atoms with E-state index >= 15 is 0 Å². The summed E-state index contributed by atoms with van der Waals surface area (Å²) >= 11 is 0. The molecule has 20 heavy (non-hydrogen) atoms. The van der Waals surface area contributed by atoms with Crippen LogP contribution < -0.4 is 5.32 Å². The van der Waals surface area contributed by atoms with E-state index in [2.05, 4.69) is 5.32 Å². The predicted octanol–water partition coefficient (Wildman–Crippen LogP) is 1.77. The van der Waals surface area contributed by atoms with Gasteiger partial charge in [0.15, 0.2) is 0 Å². The molecule has 0 spiro atoms. The van der Waals surface area contributed by atoms with E-state index in [9.17, 15) is 24.4 Å². The van der Waals surface area contributed by atoms with Crippen molar-refractivity contribution in [3.05, 3.63) is 39.7 Å². The molecule has 0 atom stereocenters. The molecule has 0 aromatic heterocycles. The number of nitrogens with one attached hydrogen (secondary N) is 1. The number of carbonyl (C=O) groups is 1. The molecule has 1 saturated carbocycles. The van der Waals surface area contributed by atoms with Gasteiger partial charge in [0.2, 0.25) is 0 Å². The van der Waals surface area contributed by atoms with E-state index in [1.54, 1.807) is 0 Å². The maximum Gasteiger partial charge on any atom is 0.282 e. The summed E-state index contributed by atoms with van der Waals surface area (Å²) in [6, 6.07) is 2.71. The van der Waals surface area contributed by atoms with Gasteiger partial charge in [-0.05, 0) is 25.0 Å². The van der Waals surface area contributed by atoms with Gasteiger partial charge in [0.1, 0.15) is 11.4 Å². The lowest BCUT2D eigenvalue weighted by Gasteiger charge is -2.22. The highest BCUT2D eigenvalue weighted by Gasteiger charge is 2.32. The first-order valence-electron chi connectivity index (χ1n) is 6.36. The number of rotatable bonds is 4. The fourth-order valence-electron chi connectivity index (χ4n) is 2.40. The molecule has 0 unspecified atom stereocenters. The van der Waals surface area contributed by atoms with Gasteiger partial charge in [-0.15, -0.1) is 0 Å². The van der Waals surface area contributed by atoms with Crippen molar-refractivity contribution in [1.82, 2.24) is 5.32 Å². The number of aliphatic hydroxyl groups is 1. The molecule has 1 aromatic carbocycles. The van der Waals surface area contributed by atoms with Crippen LogP contribution in [0, 0.1) is 15.9 Å². The molecule has 0 heterocycles. The zero-order valence-electron chi connectivity index (χ0n) is 10.8. The Hall–Kier alpha value is -2.02. The monoisotopic (exact) mass is 282 g/mol. The number of nitro benzene ring substituents is 1. The lowest BCUT2D eigenvalue weighted by Crippen LogP contribution is -2.40. The number of amides is 1. The van der Waals surface area contributed by atoms with Crippen LogP contribution in [-0.2, 0) is 0 Å². The first kappa shape index (κ1) is 14.4. The highest BCUT2D eigenvalue weighted by atomic mass is 19.1. The van der Waals surface area contributed by atoms with Crippen molar-refractivity contribution in [2.45, 2.75) is 31.3 Å². The minimum atomic E-state index is -0.961. The second kappa shape index (κ2) is 5.54. The average Bonchev–Trinajstić information content (AvgIpc) is 2.83. The Morgan fingerprint density at radius 1 is 1.45 bits per heavy atom. The second-order valence-electron chi connectivity index (χ2n) is 5.03. The lowest BCUT2D eigenvalue weighted by atomic mass is 10.0. The minimum Gasteiger partial charge on any atom is -0.388 e. The standard InChI is InChI=1S/C13H15FN2O4/c14-9-3-4-11(16(19)20)10(7-9)12(17)15-8-13(18)5-1-2-6-13/h3-4,7,18H,1-2,5-6,8H2,(H,15,17). The molecule has 2 N–H and O–H groups in total. The van der Waals surface area contributed by atoms with Gasteiger partial charge >= 0.3 is 0 Å². The van der Waals surface area contributed by atoms with Gasteiger partial charge in [-0.2, -0.15) is 0 Å². The zero-order valence-corrected chi connectivity index (χ0v) is 10.8. The van der Waals surface area contributed by atoms with Gasteiger partial charge < -0.3 is 10.4 Å². The Kier molecular flexibility index (Phi) is 3.99. The van der Waals surface area contributed by atoms with Gasteiger partial charge in [0.05, 0.1) is 10.5 Å². The summed E-state index contributed by atoms with van der Waals surface area (Å²) < 4.78 is 13.1. The first-order valence-corrected chi connectivity index (χ1v) is 6.36. The Labute approximate surface area is 114 Å². The molecule has 0 radical (unpaired) electrons. The highest BCUT2D eigenvalue weighted by Crippen LogP contribution is 2.29. The second-order valence-corrected chi connectivity index (χ2v) is 5.03. The summed E-state index contributed by atoms with van der Waals surface area (Å²) in [5.41, 5.74) is -1.75. The smallest absolute Gasteiger partial charge is 0.282 e. The van der Waals surface area contributed by atoms with Crippen molar-refractivity contribution in [2.24, 2.45) is 0 Å². The number of nitro groups is 1. The van der Waals surface area contributed by atoms with E-state index in [1.807, 2.05) is 0 Å². The van der Waals surface area contributed by atoms with Crippen molar-refractivity contribution >= 4 is 11.6 Å². The molecule has 108 valence electrons. The van der Waals surface area contributed by atoms with Crippen LogP contribution in [-0.4, -0.2) is 28.1 Å². The third kappa shape index (κ3) is 3.11. The van der Waals surface area contributed by atoms with Crippen molar-refractivity contribution in [3.8, 4) is 0 Å². The fraction of sp³-hybridized carbons (Fsp3) is 0.462. The number of hydrogen-bond acceptors (Lipinski definition) is 4. The normalized spacial score (nSPS) is 16.9. The van der Waals surface area contributed by atoms with Crippen molar-refractivity contribution in [3.63, 3.8) is 0 Å². The molecule has 6 nitrogen and oxygen atoms in total. The molecule has 0 aliphatic heterocycles. The van der Waals surface area contributed by atoms with Crippen LogP contribution in [0.2, 0.25) is 0 Å². The summed E-state index contributed by atoms with van der Waals surface area (Å²) in [5, 5.41) is 23.4. The van der Waals surface area contributed by atoms with E-state index in [0.29, 0.717) is 12.8 Å². The highest BCUT2D eigenvalue weighted by molar-refractivity contribution is 5.98. The molecule has 7 heteroatoms. The van der Waals surface area contributed by atoms with Gasteiger partial charge in [-0.3, -0.25) is 14.9 Å². The molecule has 1 fully saturated rings. The quantitative estimate of drug-likeness (QED) is 0.650. The average molecular weight is 282 g/mol. The summed E-state index contributed by atoms with van der Waals surface area (Å²) in [4.78, 5) is 22.0. The SMILES string of the molecule is O=C(NCC1(O)CCCC1)c1cc(F)ccc1[N+](=O)[O-]. The Bertz CT molecular complexity index is 541. The van der Waals surface area contributed by atoms with Crippen LogP contribution in [0.15, 0.2) is 18.2 Å². The van der Waals surface area contributed by atoms with Crippen LogP contribution in [0.5, 0.6) is 0 Å². The minimum absolute atomic E-state index is 0.0134. The van der Waals surface area contributed by atoms with Gasteiger partial charge in [0, 0.05) is 12.6 Å². The number of hydrogen-bond donors (Lipinski definition) is 2. The van der Waals surface area contributed by atoms with Crippen LogP contribution in [0.4, 0.5) is 10.1 Å². The topological polar surface area (TPSA) is 92.5 Å². The molecule has 1 aliphatic rings. The van der Waals surface area contributed by atoms with Crippen LogP contribution >= 0.6 is 0 Å². The largest absolute Gasteiger partial charge is 0.388 e. The van der Waals surface area contributed by atoms with E-state index in [-0.39, 0.29) is 12.1 Å². The molecule has 1 aliphatic carbocycles. The van der Waals surface area contributed by atoms with Gasteiger partial charge in [-0.1, -0.05) is 12.8 Å². The van der Waals surface area contributed by atoms with Crippen molar-refractivity contribution in [2.75, 3.05) is 6.54 Å². The predicted molar refractivity (Wildman–Crippen MR) is 68.8 cm³/mol. The van der Waals surface area contributed by atoms with Crippen molar-refractivity contribution < 1.29 is 19.2 Å². The Morgan fingerprint density at radius 3 is 2.70 bits per heavy atom. The zero-order chi connectivity index (χ0) is 14.8. The summed E-state index contributed by atoms with van der Waals surface area (Å²) in [7, 11) is 0. The fourth-order valence-corrected chi connectivity index (χ4v) is 2.40. The first-order chi connectivity index (χ1) is 9.41. The summed E-state index contributed by atoms with van der Waals surface area (Å²) in [6.45, 7) is 0.0134. The maximum absolute atomic E-state index is 13.1. The molecule has 0 bridgehead atoms. The van der Waals surface area contributed by atoms with Crippen LogP contribution in [0.25, 0.3) is 0 Å². The van der Waals surface area contributed by atoms with Gasteiger partial charge in [0.25, 0.3) is 11.6 Å². The van der Waals surface area contributed by atoms with Crippen LogP contribution in [0.3, 0.4) is 0 Å². The number of carbonyl (C=O) groups excluding carboxylic acids is 1. The summed E-state index contributed by atoms with van der Waals surface area (Å²) in [6.07, 6.45) is 2.93. The van der Waals surface area contributed by atoms with Crippen molar-refractivity contribution in [1.29, 1.82) is 0 Å². The molecule has 0 saturated heterocycles. The third-order valence-electron chi connectivity index (χ3n) is 3.51. The molecule has 2 rings (SSSR count). The number of nitrogens with zero attached hydrogens (tertiary/aromatic N) is 1. The maximum atomic E-state index is 13.1. The third-order valence-corrected chi connectivity index (χ3v) is 3.51. The van der Waals surface area contributed by atoms with E-state index in [4.69, 9.17) is 0 Å². The number of benzene rings is 1. The molecular formula is C13H15FN2O4. The number of halogens is 1. The summed E-state index contributed by atoms with van der Waals surface area (Å²) in [5.74, 6) is -1.48. The van der Waals surface area contributed by atoms with E-state index < -0.39 is 27.9 Å². The van der Waals surface area contributed by atoms with E-state index in [1.165, 1.54) is 0 Å².